The van der Waals surface area contributed by atoms with Gasteiger partial charge in [0.15, 0.2) is 5.11 Å². The Labute approximate surface area is 145 Å². The number of hydrogen-bond acceptors (Lipinski definition) is 3. The maximum atomic E-state index is 12.3. The number of thiocarbonyl (C=S) groups is 1. The van der Waals surface area contributed by atoms with Gasteiger partial charge in [-0.2, -0.15) is 0 Å². The minimum absolute atomic E-state index is 0.244. The van der Waals surface area contributed by atoms with E-state index in [9.17, 15) is 4.79 Å². The molecule has 0 fully saturated rings. The SMILES string of the molecule is COc1ccc(NC(=S)NC(=O)c2ccc3ccccc3c2)cc1. The summed E-state index contributed by atoms with van der Waals surface area (Å²) < 4.78 is 5.10. The van der Waals surface area contributed by atoms with E-state index in [-0.39, 0.29) is 11.0 Å². The number of ether oxygens (including phenoxy) is 1. The molecule has 5 heteroatoms. The van der Waals surface area contributed by atoms with Crippen molar-refractivity contribution in [2.24, 2.45) is 0 Å². The summed E-state index contributed by atoms with van der Waals surface area (Å²) in [6, 6.07) is 20.7. The van der Waals surface area contributed by atoms with Crippen LogP contribution in [-0.4, -0.2) is 18.1 Å². The molecule has 3 aromatic carbocycles. The smallest absolute Gasteiger partial charge is 0.257 e. The second-order valence-corrected chi connectivity index (χ2v) is 5.61. The van der Waals surface area contributed by atoms with Crippen LogP contribution in [0.25, 0.3) is 10.8 Å². The predicted molar refractivity (Wildman–Crippen MR) is 101 cm³/mol. The first-order valence-electron chi connectivity index (χ1n) is 7.41. The first kappa shape index (κ1) is 16.0. The van der Waals surface area contributed by atoms with Crippen molar-refractivity contribution in [3.05, 3.63) is 72.3 Å². The highest BCUT2D eigenvalue weighted by atomic mass is 32.1. The van der Waals surface area contributed by atoms with Gasteiger partial charge in [-0.25, -0.2) is 0 Å². The Morgan fingerprint density at radius 3 is 2.38 bits per heavy atom. The number of amides is 1. The average molecular weight is 336 g/mol. The molecule has 24 heavy (non-hydrogen) atoms. The molecule has 4 nitrogen and oxygen atoms in total. The highest BCUT2D eigenvalue weighted by Crippen LogP contribution is 2.16. The van der Waals surface area contributed by atoms with Crippen LogP contribution in [0.15, 0.2) is 66.7 Å². The predicted octanol–water partition coefficient (Wildman–Crippen LogP) is 3.98. The molecule has 3 aromatic rings. The summed E-state index contributed by atoms with van der Waals surface area (Å²) in [5.41, 5.74) is 1.34. The maximum Gasteiger partial charge on any atom is 0.257 e. The Balaban J connectivity index is 1.67. The molecule has 1 amide bonds. The highest BCUT2D eigenvalue weighted by molar-refractivity contribution is 7.80. The van der Waals surface area contributed by atoms with Crippen molar-refractivity contribution in [3.63, 3.8) is 0 Å². The van der Waals surface area contributed by atoms with E-state index < -0.39 is 0 Å². The fourth-order valence-electron chi connectivity index (χ4n) is 2.34. The number of rotatable bonds is 3. The van der Waals surface area contributed by atoms with Crippen molar-refractivity contribution in [1.29, 1.82) is 0 Å². The zero-order valence-corrected chi connectivity index (χ0v) is 13.9. The Morgan fingerprint density at radius 1 is 0.958 bits per heavy atom. The molecule has 120 valence electrons. The van der Waals surface area contributed by atoms with E-state index in [1.807, 2.05) is 60.7 Å². The molecule has 3 rings (SSSR count). The minimum atomic E-state index is -0.244. The van der Waals surface area contributed by atoms with Crippen LogP contribution in [0.3, 0.4) is 0 Å². The minimum Gasteiger partial charge on any atom is -0.497 e. The third-order valence-electron chi connectivity index (χ3n) is 3.59. The monoisotopic (exact) mass is 336 g/mol. The van der Waals surface area contributed by atoms with E-state index in [1.54, 1.807) is 13.2 Å². The number of benzene rings is 3. The van der Waals surface area contributed by atoms with Crippen LogP contribution < -0.4 is 15.4 Å². The van der Waals surface area contributed by atoms with Crippen LogP contribution >= 0.6 is 12.2 Å². The molecule has 0 saturated carbocycles. The number of fused-ring (bicyclic) bond motifs is 1. The summed E-state index contributed by atoms with van der Waals surface area (Å²) in [6.45, 7) is 0. The number of nitrogens with one attached hydrogen (secondary N) is 2. The van der Waals surface area contributed by atoms with E-state index in [0.717, 1.165) is 22.2 Å². The lowest BCUT2D eigenvalue weighted by molar-refractivity contribution is 0.0978. The molecule has 0 aliphatic carbocycles. The maximum absolute atomic E-state index is 12.3. The second kappa shape index (κ2) is 7.10. The largest absolute Gasteiger partial charge is 0.497 e. The van der Waals surface area contributed by atoms with Gasteiger partial charge in [0.1, 0.15) is 5.75 Å². The normalized spacial score (nSPS) is 10.2. The molecule has 2 N–H and O–H groups in total. The van der Waals surface area contributed by atoms with Gasteiger partial charge in [0, 0.05) is 11.3 Å². The molecule has 0 aliphatic heterocycles. The van der Waals surface area contributed by atoms with Crippen LogP contribution in [0.5, 0.6) is 5.75 Å². The number of hydrogen-bond donors (Lipinski definition) is 2. The fraction of sp³-hybridized carbons (Fsp3) is 0.0526. The third-order valence-corrected chi connectivity index (χ3v) is 3.79. The lowest BCUT2D eigenvalue weighted by atomic mass is 10.1. The van der Waals surface area contributed by atoms with Crippen molar-refractivity contribution >= 4 is 39.7 Å². The van der Waals surface area contributed by atoms with Crippen LogP contribution in [0.1, 0.15) is 10.4 Å². The van der Waals surface area contributed by atoms with Crippen molar-refractivity contribution in [1.82, 2.24) is 5.32 Å². The van der Waals surface area contributed by atoms with Crippen LogP contribution in [0.2, 0.25) is 0 Å². The molecule has 0 heterocycles. The molecule has 0 atom stereocenters. The van der Waals surface area contributed by atoms with Gasteiger partial charge in [-0.3, -0.25) is 10.1 Å². The summed E-state index contributed by atoms with van der Waals surface area (Å²) in [6.07, 6.45) is 0. The zero-order valence-electron chi connectivity index (χ0n) is 13.1. The van der Waals surface area contributed by atoms with E-state index in [4.69, 9.17) is 17.0 Å². The Kier molecular flexibility index (Phi) is 4.72. The van der Waals surface area contributed by atoms with Crippen molar-refractivity contribution in [2.45, 2.75) is 0 Å². The second-order valence-electron chi connectivity index (χ2n) is 5.20. The molecular weight excluding hydrogens is 320 g/mol. The van der Waals surface area contributed by atoms with Gasteiger partial charge in [-0.05, 0) is 59.4 Å². The van der Waals surface area contributed by atoms with E-state index >= 15 is 0 Å². The highest BCUT2D eigenvalue weighted by Gasteiger charge is 2.08. The third kappa shape index (κ3) is 3.70. The molecule has 0 aromatic heterocycles. The quantitative estimate of drug-likeness (QED) is 0.711. The number of carbonyl (C=O) groups is 1. The van der Waals surface area contributed by atoms with Gasteiger partial charge < -0.3 is 10.1 Å². The molecule has 0 aliphatic rings. The topological polar surface area (TPSA) is 50.4 Å². The van der Waals surface area contributed by atoms with Gasteiger partial charge in [0.25, 0.3) is 5.91 Å². The lowest BCUT2D eigenvalue weighted by Gasteiger charge is -2.10. The van der Waals surface area contributed by atoms with Gasteiger partial charge in [-0.1, -0.05) is 30.3 Å². The van der Waals surface area contributed by atoms with Crippen molar-refractivity contribution < 1.29 is 9.53 Å². The van der Waals surface area contributed by atoms with Crippen LogP contribution in [-0.2, 0) is 0 Å². The first-order valence-corrected chi connectivity index (χ1v) is 7.82. The number of methoxy groups -OCH3 is 1. The summed E-state index contributed by atoms with van der Waals surface area (Å²) in [5.74, 6) is 0.512. The molecule has 0 radical (unpaired) electrons. The molecule has 0 saturated heterocycles. The summed E-state index contributed by atoms with van der Waals surface area (Å²) in [7, 11) is 1.61. The molecule has 0 spiro atoms. The van der Waals surface area contributed by atoms with Gasteiger partial charge in [0.2, 0.25) is 0 Å². The van der Waals surface area contributed by atoms with Crippen molar-refractivity contribution in [2.75, 3.05) is 12.4 Å². The standard InChI is InChI=1S/C19H16N2O2S/c1-23-17-10-8-16(9-11-17)20-19(24)21-18(22)15-7-6-13-4-2-3-5-14(13)12-15/h2-12H,1H3,(H2,20,21,22,24). The lowest BCUT2D eigenvalue weighted by Crippen LogP contribution is -2.34. The van der Waals surface area contributed by atoms with E-state index in [1.165, 1.54) is 0 Å². The van der Waals surface area contributed by atoms with Gasteiger partial charge in [0.05, 0.1) is 7.11 Å². The summed E-state index contributed by atoms with van der Waals surface area (Å²) >= 11 is 5.20. The molecular formula is C19H16N2O2S. The van der Waals surface area contributed by atoms with Gasteiger partial charge >= 0.3 is 0 Å². The zero-order chi connectivity index (χ0) is 16.9. The average Bonchev–Trinajstić information content (AvgIpc) is 2.61. The number of anilines is 1. The fourth-order valence-corrected chi connectivity index (χ4v) is 2.55. The Morgan fingerprint density at radius 2 is 1.67 bits per heavy atom. The Hall–Kier alpha value is -2.92. The van der Waals surface area contributed by atoms with E-state index in [0.29, 0.717) is 5.56 Å². The summed E-state index contributed by atoms with van der Waals surface area (Å²) in [4.78, 5) is 12.3. The van der Waals surface area contributed by atoms with Crippen LogP contribution in [0.4, 0.5) is 5.69 Å². The molecule has 0 bridgehead atoms. The first-order chi connectivity index (χ1) is 11.7. The Bertz CT molecular complexity index is 891. The summed E-state index contributed by atoms with van der Waals surface area (Å²) in [5, 5.41) is 8.02. The van der Waals surface area contributed by atoms with Crippen LogP contribution in [0, 0.1) is 0 Å². The number of carbonyl (C=O) groups excluding carboxylic acids is 1. The molecule has 0 unspecified atom stereocenters. The van der Waals surface area contributed by atoms with Gasteiger partial charge in [-0.15, -0.1) is 0 Å². The van der Waals surface area contributed by atoms with E-state index in [2.05, 4.69) is 10.6 Å². The van der Waals surface area contributed by atoms with Crippen molar-refractivity contribution in [3.8, 4) is 5.75 Å².